The van der Waals surface area contributed by atoms with E-state index in [0.717, 1.165) is 24.8 Å². The molecular formula is C29H36N4O9S. The summed E-state index contributed by atoms with van der Waals surface area (Å²) in [6.45, 7) is 0.331. The van der Waals surface area contributed by atoms with Crippen LogP contribution in [0.25, 0.3) is 0 Å². The van der Waals surface area contributed by atoms with Crippen molar-refractivity contribution in [3.63, 3.8) is 0 Å². The van der Waals surface area contributed by atoms with Gasteiger partial charge in [0, 0.05) is 12.6 Å². The van der Waals surface area contributed by atoms with Gasteiger partial charge in [-0.15, -0.1) is 0 Å². The smallest absolute Gasteiger partial charge is 0.325 e. The third-order valence-electron chi connectivity index (χ3n) is 7.37. The summed E-state index contributed by atoms with van der Waals surface area (Å²) >= 11 is 0.644. The first-order valence-electron chi connectivity index (χ1n) is 14.0. The molecule has 2 amide bonds. The van der Waals surface area contributed by atoms with Crippen LogP contribution in [-0.4, -0.2) is 66.6 Å². The number of esters is 1. The Kier molecular flexibility index (Phi) is 12.5. The summed E-state index contributed by atoms with van der Waals surface area (Å²) in [4.78, 5) is 76.5. The Morgan fingerprint density at radius 2 is 1.79 bits per heavy atom. The third kappa shape index (κ3) is 8.52. The zero-order valence-electron chi connectivity index (χ0n) is 23.9. The number of rotatable bonds is 16. The van der Waals surface area contributed by atoms with E-state index < -0.39 is 71.3 Å². The van der Waals surface area contributed by atoms with Gasteiger partial charge in [-0.3, -0.25) is 34.1 Å². The lowest BCUT2D eigenvalue weighted by Crippen LogP contribution is -2.60. The molecule has 1 saturated carbocycles. The average molecular weight is 617 g/mol. The maximum Gasteiger partial charge on any atom is 0.325 e. The highest BCUT2D eigenvalue weighted by Gasteiger charge is 2.52. The van der Waals surface area contributed by atoms with E-state index >= 15 is 0 Å². The van der Waals surface area contributed by atoms with Gasteiger partial charge < -0.3 is 25.8 Å². The fourth-order valence-corrected chi connectivity index (χ4v) is 5.98. The third-order valence-corrected chi connectivity index (χ3v) is 8.41. The molecule has 1 aliphatic rings. The number of nitrogens with zero attached hydrogens (tertiary/aromatic N) is 1. The minimum Gasteiger partial charge on any atom is -0.465 e. The van der Waals surface area contributed by atoms with Crippen LogP contribution in [0.4, 0.5) is 5.00 Å². The highest BCUT2D eigenvalue weighted by atomic mass is 32.1. The van der Waals surface area contributed by atoms with Gasteiger partial charge in [-0.05, 0) is 37.3 Å². The van der Waals surface area contributed by atoms with Gasteiger partial charge in [-0.25, -0.2) is 0 Å². The SMILES string of the molecule is CCOC(=O)CNC(=O)C(=O)C(COCc1ccccc1)NC(=O)C(CN)(C(=O)c1ccc([N+](=O)[O-])s1)C1CCCCC1. The van der Waals surface area contributed by atoms with E-state index in [4.69, 9.17) is 15.2 Å². The molecule has 1 heterocycles. The Bertz CT molecular complexity index is 1310. The lowest BCUT2D eigenvalue weighted by Gasteiger charge is -2.39. The number of hydrogen-bond donors (Lipinski definition) is 3. The van der Waals surface area contributed by atoms with Gasteiger partial charge in [0.05, 0.1) is 29.6 Å². The van der Waals surface area contributed by atoms with Crippen LogP contribution in [0.3, 0.4) is 0 Å². The number of ketones is 2. The number of nitro groups is 1. The zero-order valence-corrected chi connectivity index (χ0v) is 24.7. The number of benzene rings is 1. The van der Waals surface area contributed by atoms with Gasteiger partial charge in [0.15, 0.2) is 5.78 Å². The fourth-order valence-electron chi connectivity index (χ4n) is 5.14. The molecule has 232 valence electrons. The van der Waals surface area contributed by atoms with E-state index in [1.807, 2.05) is 6.07 Å². The molecule has 4 N–H and O–H groups in total. The maximum atomic E-state index is 14.1. The Labute approximate surface area is 252 Å². The molecule has 0 aliphatic heterocycles. The molecule has 2 aromatic rings. The van der Waals surface area contributed by atoms with E-state index in [1.165, 1.54) is 12.1 Å². The van der Waals surface area contributed by atoms with Crippen LogP contribution in [0.15, 0.2) is 42.5 Å². The zero-order chi connectivity index (χ0) is 31.4. The fraction of sp³-hybridized carbons (Fsp3) is 0.483. The highest BCUT2D eigenvalue weighted by molar-refractivity contribution is 7.17. The van der Waals surface area contributed by atoms with Gasteiger partial charge in [-0.2, -0.15) is 0 Å². The molecule has 1 fully saturated rings. The Morgan fingerprint density at radius 1 is 1.09 bits per heavy atom. The maximum absolute atomic E-state index is 14.1. The van der Waals surface area contributed by atoms with Crippen LogP contribution in [0.1, 0.15) is 54.3 Å². The molecule has 2 atom stereocenters. The monoisotopic (exact) mass is 616 g/mol. The molecular weight excluding hydrogens is 580 g/mol. The second-order valence-corrected chi connectivity index (χ2v) is 11.2. The normalized spacial score (nSPS) is 15.5. The topological polar surface area (TPSA) is 197 Å². The number of ether oxygens (including phenoxy) is 2. The molecule has 0 bridgehead atoms. The first-order valence-corrected chi connectivity index (χ1v) is 14.8. The number of hydrogen-bond acceptors (Lipinski definition) is 11. The van der Waals surface area contributed by atoms with E-state index in [1.54, 1.807) is 31.2 Å². The summed E-state index contributed by atoms with van der Waals surface area (Å²) < 4.78 is 10.5. The van der Waals surface area contributed by atoms with Crippen molar-refractivity contribution in [1.82, 2.24) is 10.6 Å². The van der Waals surface area contributed by atoms with Gasteiger partial charge in [-0.1, -0.05) is 60.9 Å². The summed E-state index contributed by atoms with van der Waals surface area (Å²) in [6, 6.07) is 9.96. The van der Waals surface area contributed by atoms with Crippen molar-refractivity contribution >= 4 is 45.7 Å². The minimum atomic E-state index is -1.85. The molecule has 14 heteroatoms. The van der Waals surface area contributed by atoms with Crippen molar-refractivity contribution in [2.45, 2.75) is 51.7 Å². The van der Waals surface area contributed by atoms with E-state index in [2.05, 4.69) is 10.6 Å². The number of carbonyl (C=O) groups is 5. The first-order chi connectivity index (χ1) is 20.6. The van der Waals surface area contributed by atoms with Crippen molar-refractivity contribution in [1.29, 1.82) is 0 Å². The summed E-state index contributed by atoms with van der Waals surface area (Å²) in [5.74, 6) is -5.06. The van der Waals surface area contributed by atoms with Gasteiger partial charge in [0.25, 0.3) is 5.91 Å². The van der Waals surface area contributed by atoms with E-state index in [0.29, 0.717) is 24.2 Å². The lowest BCUT2D eigenvalue weighted by molar-refractivity contribution is -0.380. The lowest BCUT2D eigenvalue weighted by atomic mass is 9.65. The molecule has 2 unspecified atom stereocenters. The summed E-state index contributed by atoms with van der Waals surface area (Å²) in [7, 11) is 0. The molecule has 0 saturated heterocycles. The molecule has 0 spiro atoms. The predicted molar refractivity (Wildman–Crippen MR) is 156 cm³/mol. The Balaban J connectivity index is 1.90. The van der Waals surface area contributed by atoms with Crippen molar-refractivity contribution < 1.29 is 38.4 Å². The van der Waals surface area contributed by atoms with Gasteiger partial charge in [0.2, 0.25) is 11.7 Å². The number of amides is 2. The van der Waals surface area contributed by atoms with Crippen LogP contribution < -0.4 is 16.4 Å². The standard InChI is InChI=1S/C29H36N4O9S/c1-2-42-24(34)15-31-27(37)25(35)21(17-41-16-19-9-5-3-6-10-19)32-28(38)29(18-30,20-11-7-4-8-12-20)26(36)22-13-14-23(43-22)33(39)40/h3,5-6,9-10,13-14,20-21H,2,4,7-8,11-12,15-18,30H2,1H3,(H,31,37)(H,32,38). The number of nitrogens with one attached hydrogen (secondary N) is 2. The minimum absolute atomic E-state index is 0.00624. The molecule has 0 radical (unpaired) electrons. The molecule has 1 aromatic carbocycles. The molecule has 43 heavy (non-hydrogen) atoms. The van der Waals surface area contributed by atoms with Crippen LogP contribution in [0.2, 0.25) is 0 Å². The Morgan fingerprint density at radius 3 is 2.40 bits per heavy atom. The van der Waals surface area contributed by atoms with E-state index in [9.17, 15) is 34.1 Å². The van der Waals surface area contributed by atoms with E-state index in [-0.39, 0.29) is 23.1 Å². The quantitative estimate of drug-likeness (QED) is 0.0628. The van der Waals surface area contributed by atoms with Crippen LogP contribution in [-0.2, 0) is 35.3 Å². The van der Waals surface area contributed by atoms with Crippen LogP contribution in [0.5, 0.6) is 0 Å². The first kappa shape index (κ1) is 33.5. The predicted octanol–water partition coefficient (Wildman–Crippen LogP) is 2.31. The largest absolute Gasteiger partial charge is 0.465 e. The summed E-state index contributed by atoms with van der Waals surface area (Å²) in [6.07, 6.45) is 3.42. The van der Waals surface area contributed by atoms with Crippen molar-refractivity contribution in [3.05, 3.63) is 63.0 Å². The number of Topliss-reactive ketones (excluding diaryl/α,β-unsaturated/α-hetero) is 2. The van der Waals surface area contributed by atoms with Crippen molar-refractivity contribution in [2.24, 2.45) is 17.1 Å². The number of carbonyl (C=O) groups excluding carboxylic acids is 5. The van der Waals surface area contributed by atoms with Crippen molar-refractivity contribution in [2.75, 3.05) is 26.3 Å². The van der Waals surface area contributed by atoms with Gasteiger partial charge >= 0.3 is 11.0 Å². The number of thiophene rings is 1. The average Bonchev–Trinajstić information content (AvgIpc) is 3.52. The summed E-state index contributed by atoms with van der Waals surface area (Å²) in [5.41, 5.74) is 5.11. The van der Waals surface area contributed by atoms with Crippen LogP contribution in [0, 0.1) is 21.4 Å². The summed E-state index contributed by atoms with van der Waals surface area (Å²) in [5, 5.41) is 15.8. The highest BCUT2D eigenvalue weighted by Crippen LogP contribution is 2.42. The second kappa shape index (κ2) is 16.0. The van der Waals surface area contributed by atoms with Crippen molar-refractivity contribution in [3.8, 4) is 0 Å². The van der Waals surface area contributed by atoms with Gasteiger partial charge in [0.1, 0.15) is 18.0 Å². The second-order valence-electron chi connectivity index (χ2n) is 10.1. The Hall–Kier alpha value is -4.01. The molecule has 13 nitrogen and oxygen atoms in total. The molecule has 1 aromatic heterocycles. The number of nitrogens with two attached hydrogens (primary N) is 1. The van der Waals surface area contributed by atoms with Crippen LogP contribution >= 0.6 is 11.3 Å². The molecule has 3 rings (SSSR count). The molecule has 1 aliphatic carbocycles.